The first-order valence-electron chi connectivity index (χ1n) is 7.28. The average Bonchev–Trinajstić information content (AvgIpc) is 2.49. The van der Waals surface area contributed by atoms with Gasteiger partial charge in [-0.1, -0.05) is 38.1 Å². The molecule has 0 spiro atoms. The maximum atomic E-state index is 10.7. The van der Waals surface area contributed by atoms with Crippen LogP contribution >= 0.6 is 0 Å². The molecule has 1 aromatic rings. The molecule has 0 amide bonds. The average molecular weight is 308 g/mol. The fraction of sp³-hybridized carbons (Fsp3) is 0.471. The molecule has 0 aromatic heterocycles. The lowest BCUT2D eigenvalue weighted by molar-refractivity contribution is -0.131. The number of benzene rings is 1. The van der Waals surface area contributed by atoms with E-state index in [2.05, 4.69) is 0 Å². The summed E-state index contributed by atoms with van der Waals surface area (Å²) in [6.45, 7) is 3.93. The topological polar surface area (TPSA) is 87.0 Å². The van der Waals surface area contributed by atoms with Crippen LogP contribution in [-0.4, -0.2) is 34.5 Å². The van der Waals surface area contributed by atoms with Gasteiger partial charge in [-0.2, -0.15) is 0 Å². The maximum Gasteiger partial charge on any atom is 0.327 e. The van der Waals surface area contributed by atoms with Gasteiger partial charge in [0.2, 0.25) is 0 Å². The van der Waals surface area contributed by atoms with Crippen molar-refractivity contribution in [3.05, 3.63) is 42.0 Å². The molecule has 5 heteroatoms. The minimum absolute atomic E-state index is 0.0895. The Morgan fingerprint density at radius 3 is 2.68 bits per heavy atom. The highest BCUT2D eigenvalue weighted by atomic mass is 16.5. The zero-order valence-corrected chi connectivity index (χ0v) is 13.0. The predicted molar refractivity (Wildman–Crippen MR) is 83.8 cm³/mol. The van der Waals surface area contributed by atoms with Gasteiger partial charge in [-0.05, 0) is 24.3 Å². The zero-order valence-electron chi connectivity index (χ0n) is 13.0. The normalized spacial score (nSPS) is 13.3. The second-order valence-electron chi connectivity index (χ2n) is 5.78. The fourth-order valence-electron chi connectivity index (χ4n) is 2.19. The van der Waals surface area contributed by atoms with Crippen molar-refractivity contribution in [2.45, 2.75) is 32.8 Å². The Balaban J connectivity index is 2.80. The lowest BCUT2D eigenvalue weighted by atomic mass is 9.78. The van der Waals surface area contributed by atoms with E-state index in [0.717, 1.165) is 6.08 Å². The van der Waals surface area contributed by atoms with Gasteiger partial charge in [-0.25, -0.2) is 4.79 Å². The van der Waals surface area contributed by atoms with E-state index < -0.39 is 17.5 Å². The van der Waals surface area contributed by atoms with Crippen molar-refractivity contribution in [1.29, 1.82) is 0 Å². The number of aliphatic hydroxyl groups is 2. The molecule has 0 unspecified atom stereocenters. The molecule has 0 saturated carbocycles. The SMILES string of the molecule is CC(C)(CC/C=C/C(=O)O)[C@H](O)c1ccccc1OCCO. The van der Waals surface area contributed by atoms with Crippen molar-refractivity contribution >= 4 is 5.97 Å². The summed E-state index contributed by atoms with van der Waals surface area (Å²) in [5.41, 5.74) is 0.227. The summed E-state index contributed by atoms with van der Waals surface area (Å²) in [5, 5.41) is 28.1. The number of para-hydroxylation sites is 1. The van der Waals surface area contributed by atoms with Crippen LogP contribution in [0.15, 0.2) is 36.4 Å². The monoisotopic (exact) mass is 308 g/mol. The first-order chi connectivity index (χ1) is 10.4. The lowest BCUT2D eigenvalue weighted by Crippen LogP contribution is -2.22. The Hall–Kier alpha value is -1.85. The molecular formula is C17H24O5. The largest absolute Gasteiger partial charge is 0.491 e. The number of rotatable bonds is 9. The molecule has 3 N–H and O–H groups in total. The quantitative estimate of drug-likeness (QED) is 0.610. The Morgan fingerprint density at radius 2 is 2.05 bits per heavy atom. The third kappa shape index (κ3) is 5.50. The van der Waals surface area contributed by atoms with E-state index in [1.807, 2.05) is 26.0 Å². The summed E-state index contributed by atoms with van der Waals surface area (Å²) in [7, 11) is 0. The van der Waals surface area contributed by atoms with Crippen molar-refractivity contribution in [3.8, 4) is 5.75 Å². The molecule has 1 rings (SSSR count). The number of allylic oxidation sites excluding steroid dienone is 1. The molecule has 0 aliphatic rings. The summed E-state index contributed by atoms with van der Waals surface area (Å²) >= 11 is 0. The highest BCUT2D eigenvalue weighted by Gasteiger charge is 2.30. The summed E-state index contributed by atoms with van der Waals surface area (Å²) < 4.78 is 5.46. The Bertz CT molecular complexity index is 508. The fourth-order valence-corrected chi connectivity index (χ4v) is 2.19. The smallest absolute Gasteiger partial charge is 0.327 e. The van der Waals surface area contributed by atoms with Gasteiger partial charge in [0.1, 0.15) is 12.4 Å². The Morgan fingerprint density at radius 1 is 1.36 bits per heavy atom. The van der Waals surface area contributed by atoms with Crippen molar-refractivity contribution in [2.75, 3.05) is 13.2 Å². The molecule has 0 aliphatic carbocycles. The number of ether oxygens (including phenoxy) is 1. The lowest BCUT2D eigenvalue weighted by Gasteiger charge is -2.31. The number of carbonyl (C=O) groups is 1. The van der Waals surface area contributed by atoms with E-state index in [4.69, 9.17) is 14.9 Å². The second-order valence-corrected chi connectivity index (χ2v) is 5.78. The zero-order chi connectivity index (χ0) is 16.6. The third-order valence-corrected chi connectivity index (χ3v) is 3.52. The summed E-state index contributed by atoms with van der Waals surface area (Å²) in [6.07, 6.45) is 3.15. The van der Waals surface area contributed by atoms with Gasteiger partial charge in [-0.3, -0.25) is 0 Å². The molecule has 0 fully saturated rings. The molecule has 0 radical (unpaired) electrons. The van der Waals surface area contributed by atoms with Crippen molar-refractivity contribution in [3.63, 3.8) is 0 Å². The van der Waals surface area contributed by atoms with Gasteiger partial charge < -0.3 is 20.1 Å². The molecule has 1 aromatic carbocycles. The van der Waals surface area contributed by atoms with E-state index in [-0.39, 0.29) is 13.2 Å². The highest BCUT2D eigenvalue weighted by Crippen LogP contribution is 2.40. The number of aliphatic carboxylic acids is 1. The Labute approximate surface area is 130 Å². The minimum Gasteiger partial charge on any atom is -0.491 e. The third-order valence-electron chi connectivity index (χ3n) is 3.52. The van der Waals surface area contributed by atoms with Gasteiger partial charge in [-0.15, -0.1) is 0 Å². The number of carboxylic acids is 1. The first-order valence-corrected chi connectivity index (χ1v) is 7.28. The number of carboxylic acid groups (broad SMARTS) is 1. The molecule has 5 nitrogen and oxygen atoms in total. The maximum absolute atomic E-state index is 10.7. The molecule has 122 valence electrons. The van der Waals surface area contributed by atoms with E-state index >= 15 is 0 Å². The molecule has 0 heterocycles. The molecule has 0 saturated heterocycles. The summed E-state index contributed by atoms with van der Waals surface area (Å²) in [5.74, 6) is -0.417. The van der Waals surface area contributed by atoms with Crippen LogP contribution in [0.25, 0.3) is 0 Å². The summed E-state index contributed by atoms with van der Waals surface area (Å²) in [6, 6.07) is 7.19. The number of hydrogen-bond acceptors (Lipinski definition) is 4. The van der Waals surface area contributed by atoms with Crippen LogP contribution in [0, 0.1) is 5.41 Å². The second kappa shape index (κ2) is 8.56. The first kappa shape index (κ1) is 18.2. The van der Waals surface area contributed by atoms with E-state index in [1.165, 1.54) is 0 Å². The van der Waals surface area contributed by atoms with Crippen LogP contribution in [0.1, 0.15) is 38.4 Å². The van der Waals surface area contributed by atoms with Crippen LogP contribution in [0.3, 0.4) is 0 Å². The minimum atomic E-state index is -0.971. The van der Waals surface area contributed by atoms with Gasteiger partial charge in [0.05, 0.1) is 12.7 Å². The number of aliphatic hydroxyl groups excluding tert-OH is 2. The molecule has 0 bridgehead atoms. The number of hydrogen-bond donors (Lipinski definition) is 3. The molecule has 1 atom stereocenters. The van der Waals surface area contributed by atoms with Crippen molar-refractivity contribution in [2.24, 2.45) is 5.41 Å². The van der Waals surface area contributed by atoms with Gasteiger partial charge in [0, 0.05) is 11.6 Å². The van der Waals surface area contributed by atoms with E-state index in [0.29, 0.717) is 24.2 Å². The van der Waals surface area contributed by atoms with Gasteiger partial charge in [0.25, 0.3) is 0 Å². The standard InChI is InChI=1S/C17H24O5/c1-17(2,10-6-5-9-15(19)20)16(21)13-7-3-4-8-14(13)22-12-11-18/h3-5,7-9,16,18,21H,6,10-12H2,1-2H3,(H,19,20)/b9-5+/t16-/m1/s1. The van der Waals surface area contributed by atoms with Crippen LogP contribution in [-0.2, 0) is 4.79 Å². The van der Waals surface area contributed by atoms with Gasteiger partial charge >= 0.3 is 5.97 Å². The molecular weight excluding hydrogens is 284 g/mol. The highest BCUT2D eigenvalue weighted by molar-refractivity contribution is 5.79. The van der Waals surface area contributed by atoms with E-state index in [9.17, 15) is 9.90 Å². The van der Waals surface area contributed by atoms with Crippen LogP contribution in [0.2, 0.25) is 0 Å². The van der Waals surface area contributed by atoms with Crippen molar-refractivity contribution < 1.29 is 24.9 Å². The molecule has 22 heavy (non-hydrogen) atoms. The van der Waals surface area contributed by atoms with Crippen LogP contribution in [0.4, 0.5) is 0 Å². The van der Waals surface area contributed by atoms with Gasteiger partial charge in [0.15, 0.2) is 0 Å². The van der Waals surface area contributed by atoms with Crippen molar-refractivity contribution in [1.82, 2.24) is 0 Å². The van der Waals surface area contributed by atoms with E-state index in [1.54, 1.807) is 18.2 Å². The summed E-state index contributed by atoms with van der Waals surface area (Å²) in [4.78, 5) is 10.5. The van der Waals surface area contributed by atoms with Crippen LogP contribution < -0.4 is 4.74 Å². The Kier molecular flexibility index (Phi) is 7.08. The predicted octanol–water partition coefficient (Wildman–Crippen LogP) is 2.54. The van der Waals surface area contributed by atoms with Crippen LogP contribution in [0.5, 0.6) is 5.75 Å². The molecule has 0 aliphatic heterocycles.